The van der Waals surface area contributed by atoms with E-state index in [1.165, 1.54) is 0 Å². The van der Waals surface area contributed by atoms with Gasteiger partial charge in [0.15, 0.2) is 0 Å². The normalized spacial score (nSPS) is 9.82. The molecular formula is C14H26N2O. The summed E-state index contributed by atoms with van der Waals surface area (Å²) in [4.78, 5) is 4.19. The standard InChI is InChI=1S/C10H14N2O.2C2H6/c1-4-6-9-10(7-5-2)12(13)8(3)11-9;2*1-2/h4-7,13H,1-3H3;2*1-2H3/b6-4-,7-5-;;. The number of imidazole rings is 1. The number of nitrogens with zero attached hydrogens (tertiary/aromatic N) is 2. The highest BCUT2D eigenvalue weighted by molar-refractivity contribution is 5.60. The van der Waals surface area contributed by atoms with Crippen LogP contribution in [0.3, 0.4) is 0 Å². The summed E-state index contributed by atoms with van der Waals surface area (Å²) < 4.78 is 1.09. The second kappa shape index (κ2) is 11.0. The number of aryl methyl sites for hydroxylation is 1. The third-order valence-corrected chi connectivity index (χ3v) is 1.73. The molecule has 0 amide bonds. The Morgan fingerprint density at radius 1 is 1.00 bits per heavy atom. The molecule has 1 rings (SSSR count). The predicted molar refractivity (Wildman–Crippen MR) is 76.3 cm³/mol. The van der Waals surface area contributed by atoms with E-state index in [1.54, 1.807) is 6.92 Å². The van der Waals surface area contributed by atoms with Crippen LogP contribution in [0.25, 0.3) is 12.2 Å². The molecule has 0 atom stereocenters. The van der Waals surface area contributed by atoms with Gasteiger partial charge in [0, 0.05) is 0 Å². The van der Waals surface area contributed by atoms with Crippen molar-refractivity contribution in [3.8, 4) is 0 Å². The molecule has 0 aliphatic heterocycles. The fraction of sp³-hybridized carbons (Fsp3) is 0.500. The van der Waals surface area contributed by atoms with Gasteiger partial charge in [-0.25, -0.2) is 4.98 Å². The van der Waals surface area contributed by atoms with Crippen LogP contribution in [0.5, 0.6) is 0 Å². The lowest BCUT2D eigenvalue weighted by molar-refractivity contribution is 0.177. The van der Waals surface area contributed by atoms with Crippen molar-refractivity contribution in [3.63, 3.8) is 0 Å². The lowest BCUT2D eigenvalue weighted by Gasteiger charge is -1.95. The molecule has 0 bridgehead atoms. The second-order valence-corrected chi connectivity index (χ2v) is 2.74. The average Bonchev–Trinajstić information content (AvgIpc) is 2.63. The van der Waals surface area contributed by atoms with Gasteiger partial charge in [-0.1, -0.05) is 39.8 Å². The average molecular weight is 238 g/mol. The highest BCUT2D eigenvalue weighted by Crippen LogP contribution is 2.13. The van der Waals surface area contributed by atoms with E-state index in [2.05, 4.69) is 4.98 Å². The third-order valence-electron chi connectivity index (χ3n) is 1.73. The van der Waals surface area contributed by atoms with Crippen molar-refractivity contribution < 1.29 is 5.21 Å². The lowest BCUT2D eigenvalue weighted by Crippen LogP contribution is -1.95. The first-order valence-electron chi connectivity index (χ1n) is 6.24. The number of aromatic nitrogens is 2. The van der Waals surface area contributed by atoms with Gasteiger partial charge in [-0.3, -0.25) is 0 Å². The number of hydrogen-bond acceptors (Lipinski definition) is 2. The van der Waals surface area contributed by atoms with Gasteiger partial charge < -0.3 is 5.21 Å². The molecule has 3 heteroatoms. The molecule has 1 aromatic rings. The quantitative estimate of drug-likeness (QED) is 0.768. The van der Waals surface area contributed by atoms with Gasteiger partial charge in [-0.15, -0.1) is 0 Å². The highest BCUT2D eigenvalue weighted by Gasteiger charge is 2.07. The summed E-state index contributed by atoms with van der Waals surface area (Å²) in [6.45, 7) is 13.6. The molecule has 98 valence electrons. The minimum atomic E-state index is 0.598. The summed E-state index contributed by atoms with van der Waals surface area (Å²) >= 11 is 0. The Bertz CT molecular complexity index is 349. The first-order valence-corrected chi connectivity index (χ1v) is 6.24. The molecule has 0 spiro atoms. The van der Waals surface area contributed by atoms with Gasteiger partial charge in [0.05, 0.1) is 5.69 Å². The molecule has 17 heavy (non-hydrogen) atoms. The fourth-order valence-electron chi connectivity index (χ4n) is 1.16. The van der Waals surface area contributed by atoms with Crippen molar-refractivity contribution in [2.24, 2.45) is 0 Å². The molecule has 0 unspecified atom stereocenters. The first-order chi connectivity index (χ1) is 8.20. The first kappa shape index (κ1) is 17.9. The Balaban J connectivity index is 0. The number of rotatable bonds is 2. The molecule has 0 fully saturated rings. The summed E-state index contributed by atoms with van der Waals surface area (Å²) in [6.07, 6.45) is 7.47. The van der Waals surface area contributed by atoms with Crippen LogP contribution in [-0.2, 0) is 0 Å². The molecule has 3 nitrogen and oxygen atoms in total. The van der Waals surface area contributed by atoms with E-state index in [4.69, 9.17) is 0 Å². The van der Waals surface area contributed by atoms with Crippen molar-refractivity contribution in [3.05, 3.63) is 29.4 Å². The van der Waals surface area contributed by atoms with Crippen LogP contribution in [0.4, 0.5) is 0 Å². The van der Waals surface area contributed by atoms with Gasteiger partial charge >= 0.3 is 0 Å². The summed E-state index contributed by atoms with van der Waals surface area (Å²) in [7, 11) is 0. The summed E-state index contributed by atoms with van der Waals surface area (Å²) in [5, 5.41) is 9.55. The van der Waals surface area contributed by atoms with Crippen LogP contribution in [0.15, 0.2) is 12.2 Å². The van der Waals surface area contributed by atoms with Gasteiger partial charge in [-0.2, -0.15) is 4.73 Å². The minimum Gasteiger partial charge on any atom is -0.427 e. The van der Waals surface area contributed by atoms with Gasteiger partial charge in [-0.05, 0) is 32.9 Å². The van der Waals surface area contributed by atoms with Crippen LogP contribution in [0, 0.1) is 6.92 Å². The van der Waals surface area contributed by atoms with Crippen LogP contribution < -0.4 is 0 Å². The van der Waals surface area contributed by atoms with E-state index in [9.17, 15) is 5.21 Å². The van der Waals surface area contributed by atoms with Crippen molar-refractivity contribution in [1.82, 2.24) is 9.71 Å². The van der Waals surface area contributed by atoms with E-state index < -0.39 is 0 Å². The van der Waals surface area contributed by atoms with Crippen molar-refractivity contribution in [2.45, 2.75) is 48.5 Å². The molecule has 0 aliphatic carbocycles. The Kier molecular flexibility index (Phi) is 11.6. The zero-order valence-corrected chi connectivity index (χ0v) is 12.2. The summed E-state index contributed by atoms with van der Waals surface area (Å²) in [5.74, 6) is 0.598. The van der Waals surface area contributed by atoms with Gasteiger partial charge in [0.2, 0.25) is 0 Å². The Hall–Kier alpha value is -1.51. The van der Waals surface area contributed by atoms with E-state index in [0.29, 0.717) is 5.82 Å². The predicted octanol–water partition coefficient (Wildman–Crippen LogP) is 4.55. The number of hydrogen-bond donors (Lipinski definition) is 1. The highest BCUT2D eigenvalue weighted by atomic mass is 16.5. The molecule has 1 heterocycles. The lowest BCUT2D eigenvalue weighted by atomic mass is 10.3. The number of allylic oxidation sites excluding steroid dienone is 2. The van der Waals surface area contributed by atoms with E-state index in [0.717, 1.165) is 16.1 Å². The Morgan fingerprint density at radius 3 is 1.88 bits per heavy atom. The van der Waals surface area contributed by atoms with Crippen LogP contribution in [-0.4, -0.2) is 14.9 Å². The maximum atomic E-state index is 9.55. The molecule has 1 aromatic heterocycles. The summed E-state index contributed by atoms with van der Waals surface area (Å²) in [6, 6.07) is 0. The van der Waals surface area contributed by atoms with Gasteiger partial charge in [0.25, 0.3) is 0 Å². The Morgan fingerprint density at radius 2 is 1.47 bits per heavy atom. The zero-order chi connectivity index (χ0) is 13.8. The maximum absolute atomic E-state index is 9.55. The fourth-order valence-corrected chi connectivity index (χ4v) is 1.16. The molecule has 0 aromatic carbocycles. The topological polar surface area (TPSA) is 38.0 Å². The van der Waals surface area contributed by atoms with Crippen molar-refractivity contribution >= 4 is 12.2 Å². The smallest absolute Gasteiger partial charge is 0.142 e. The second-order valence-electron chi connectivity index (χ2n) is 2.74. The molecule has 0 aliphatic rings. The zero-order valence-electron chi connectivity index (χ0n) is 12.2. The van der Waals surface area contributed by atoms with Crippen LogP contribution in [0.2, 0.25) is 0 Å². The van der Waals surface area contributed by atoms with E-state index in [-0.39, 0.29) is 0 Å². The van der Waals surface area contributed by atoms with Crippen LogP contribution in [0.1, 0.15) is 58.8 Å². The largest absolute Gasteiger partial charge is 0.427 e. The maximum Gasteiger partial charge on any atom is 0.142 e. The molecular weight excluding hydrogens is 212 g/mol. The monoisotopic (exact) mass is 238 g/mol. The minimum absolute atomic E-state index is 0.598. The molecule has 0 saturated heterocycles. The van der Waals surface area contributed by atoms with Gasteiger partial charge in [0.1, 0.15) is 11.5 Å². The van der Waals surface area contributed by atoms with Crippen molar-refractivity contribution in [2.75, 3.05) is 0 Å². The SMILES string of the molecule is C/C=C\c1nc(C)n(O)c1/C=C\C.CC.CC. The Labute approximate surface area is 105 Å². The molecule has 1 N–H and O–H groups in total. The summed E-state index contributed by atoms with van der Waals surface area (Å²) in [5.41, 5.74) is 1.51. The third kappa shape index (κ3) is 5.38. The van der Waals surface area contributed by atoms with E-state index in [1.807, 2.05) is 65.8 Å². The van der Waals surface area contributed by atoms with E-state index >= 15 is 0 Å². The molecule has 0 saturated carbocycles. The van der Waals surface area contributed by atoms with Crippen LogP contribution >= 0.6 is 0 Å². The van der Waals surface area contributed by atoms with Crippen molar-refractivity contribution in [1.29, 1.82) is 0 Å². The molecule has 0 radical (unpaired) electrons.